The summed E-state index contributed by atoms with van der Waals surface area (Å²) in [6.45, 7) is 4.19. The third-order valence-electron chi connectivity index (χ3n) is 4.26. The van der Waals surface area contributed by atoms with Crippen LogP contribution >= 0.6 is 0 Å². The molecular weight excluding hydrogens is 342 g/mol. The fraction of sp³-hybridized carbons (Fsp3) is 0.364. The first-order valence-electron chi connectivity index (χ1n) is 9.27. The van der Waals surface area contributed by atoms with Crippen molar-refractivity contribution >= 4 is 11.9 Å². The second-order valence-electron chi connectivity index (χ2n) is 6.24. The Morgan fingerprint density at radius 1 is 1.04 bits per heavy atom. The minimum Gasteiger partial charge on any atom is -0.496 e. The van der Waals surface area contributed by atoms with E-state index in [0.29, 0.717) is 12.2 Å². The maximum Gasteiger partial charge on any atom is 0.338 e. The smallest absolute Gasteiger partial charge is 0.338 e. The number of rotatable bonds is 9. The lowest BCUT2D eigenvalue weighted by Crippen LogP contribution is -2.30. The Morgan fingerprint density at radius 2 is 1.74 bits per heavy atom. The van der Waals surface area contributed by atoms with Crippen molar-refractivity contribution in [1.29, 1.82) is 0 Å². The molecule has 0 aliphatic carbocycles. The van der Waals surface area contributed by atoms with Gasteiger partial charge in [0, 0.05) is 5.56 Å². The first-order chi connectivity index (χ1) is 13.1. The summed E-state index contributed by atoms with van der Waals surface area (Å²) in [5.74, 6) is 0.353. The van der Waals surface area contributed by atoms with Gasteiger partial charge in [-0.15, -0.1) is 0 Å². The maximum absolute atomic E-state index is 12.5. The van der Waals surface area contributed by atoms with E-state index in [1.165, 1.54) is 0 Å². The van der Waals surface area contributed by atoms with Crippen molar-refractivity contribution < 1.29 is 19.1 Å². The van der Waals surface area contributed by atoms with Gasteiger partial charge in [0.1, 0.15) is 5.75 Å². The highest BCUT2D eigenvalue weighted by Crippen LogP contribution is 2.28. The van der Waals surface area contributed by atoms with Crippen LogP contribution in [0, 0.1) is 0 Å². The summed E-state index contributed by atoms with van der Waals surface area (Å²) in [4.78, 5) is 24.2. The van der Waals surface area contributed by atoms with Gasteiger partial charge in [-0.1, -0.05) is 43.7 Å². The zero-order valence-electron chi connectivity index (χ0n) is 16.2. The van der Waals surface area contributed by atoms with E-state index in [9.17, 15) is 9.59 Å². The molecule has 1 atom stereocenters. The first kappa shape index (κ1) is 20.5. The summed E-state index contributed by atoms with van der Waals surface area (Å²) in [6, 6.07) is 14.6. The Bertz CT molecular complexity index is 755. The van der Waals surface area contributed by atoms with Gasteiger partial charge in [0.05, 0.1) is 31.7 Å². The summed E-state index contributed by atoms with van der Waals surface area (Å²) < 4.78 is 10.4. The van der Waals surface area contributed by atoms with E-state index in [1.54, 1.807) is 38.3 Å². The number of para-hydroxylation sites is 1. The lowest BCUT2D eigenvalue weighted by molar-refractivity contribution is -0.121. The fourth-order valence-electron chi connectivity index (χ4n) is 2.95. The number of carbonyl (C=O) groups excluding carboxylic acids is 2. The van der Waals surface area contributed by atoms with Gasteiger partial charge in [0.2, 0.25) is 5.91 Å². The van der Waals surface area contributed by atoms with Crippen LogP contribution in [0.2, 0.25) is 0 Å². The summed E-state index contributed by atoms with van der Waals surface area (Å²) >= 11 is 0. The number of hydrogen-bond acceptors (Lipinski definition) is 4. The highest BCUT2D eigenvalue weighted by molar-refractivity contribution is 5.89. The molecule has 2 aromatic rings. The molecule has 1 amide bonds. The molecule has 1 N–H and O–H groups in total. The number of amides is 1. The van der Waals surface area contributed by atoms with E-state index in [-0.39, 0.29) is 24.3 Å². The summed E-state index contributed by atoms with van der Waals surface area (Å²) in [7, 11) is 1.63. The van der Waals surface area contributed by atoms with Gasteiger partial charge in [0.15, 0.2) is 0 Å². The number of methoxy groups -OCH3 is 1. The molecular formula is C22H27NO4. The SMILES string of the molecule is CCCC(NC(=O)Cc1ccc(C(=O)OCC)cc1)c1ccccc1OC. The van der Waals surface area contributed by atoms with Crippen LogP contribution < -0.4 is 10.1 Å². The lowest BCUT2D eigenvalue weighted by atomic mass is 10.0. The Morgan fingerprint density at radius 3 is 2.37 bits per heavy atom. The number of ether oxygens (including phenoxy) is 2. The van der Waals surface area contributed by atoms with Crippen LogP contribution in [-0.4, -0.2) is 25.6 Å². The average Bonchev–Trinajstić information content (AvgIpc) is 2.68. The molecule has 0 aromatic heterocycles. The minimum absolute atomic E-state index is 0.0664. The highest BCUT2D eigenvalue weighted by atomic mass is 16.5. The van der Waals surface area contributed by atoms with Crippen molar-refractivity contribution in [3.8, 4) is 5.75 Å². The fourth-order valence-corrected chi connectivity index (χ4v) is 2.95. The standard InChI is InChI=1S/C22H27NO4/c1-4-8-19(18-9-6-7-10-20(18)26-3)23-21(24)15-16-11-13-17(14-12-16)22(25)27-5-2/h6-7,9-14,19H,4-5,8,15H2,1-3H3,(H,23,24). The minimum atomic E-state index is -0.354. The lowest BCUT2D eigenvalue weighted by Gasteiger charge is -2.21. The van der Waals surface area contributed by atoms with E-state index in [4.69, 9.17) is 9.47 Å². The molecule has 0 aliphatic rings. The predicted molar refractivity (Wildman–Crippen MR) is 105 cm³/mol. The normalized spacial score (nSPS) is 11.5. The predicted octanol–water partition coefficient (Wildman–Crippen LogP) is 4.07. The Balaban J connectivity index is 2.04. The topological polar surface area (TPSA) is 64.6 Å². The van der Waals surface area contributed by atoms with Crippen LogP contribution in [0.3, 0.4) is 0 Å². The van der Waals surface area contributed by atoms with Crippen molar-refractivity contribution in [2.24, 2.45) is 0 Å². The van der Waals surface area contributed by atoms with Gasteiger partial charge >= 0.3 is 5.97 Å². The number of nitrogens with one attached hydrogen (secondary N) is 1. The van der Waals surface area contributed by atoms with Gasteiger partial charge in [-0.05, 0) is 37.1 Å². The van der Waals surface area contributed by atoms with E-state index in [1.807, 2.05) is 24.3 Å². The molecule has 2 aromatic carbocycles. The van der Waals surface area contributed by atoms with Crippen LogP contribution in [0.1, 0.15) is 54.2 Å². The van der Waals surface area contributed by atoms with Crippen LogP contribution in [0.5, 0.6) is 5.75 Å². The molecule has 5 nitrogen and oxygen atoms in total. The molecule has 0 aliphatic heterocycles. The molecule has 144 valence electrons. The Labute approximate surface area is 160 Å². The molecule has 2 rings (SSSR count). The van der Waals surface area contributed by atoms with E-state index in [0.717, 1.165) is 29.7 Å². The highest BCUT2D eigenvalue weighted by Gasteiger charge is 2.18. The molecule has 5 heteroatoms. The number of benzene rings is 2. The zero-order valence-corrected chi connectivity index (χ0v) is 16.2. The van der Waals surface area contributed by atoms with Crippen LogP contribution in [0.4, 0.5) is 0 Å². The second-order valence-corrected chi connectivity index (χ2v) is 6.24. The number of hydrogen-bond donors (Lipinski definition) is 1. The van der Waals surface area contributed by atoms with Crippen molar-refractivity contribution in [1.82, 2.24) is 5.32 Å². The van der Waals surface area contributed by atoms with Crippen molar-refractivity contribution in [3.05, 3.63) is 65.2 Å². The van der Waals surface area contributed by atoms with Gasteiger partial charge in [-0.2, -0.15) is 0 Å². The maximum atomic E-state index is 12.5. The number of carbonyl (C=O) groups is 2. The van der Waals surface area contributed by atoms with Crippen LogP contribution in [0.15, 0.2) is 48.5 Å². The zero-order chi connectivity index (χ0) is 19.6. The molecule has 0 bridgehead atoms. The van der Waals surface area contributed by atoms with Crippen molar-refractivity contribution in [2.75, 3.05) is 13.7 Å². The van der Waals surface area contributed by atoms with Gasteiger partial charge in [0.25, 0.3) is 0 Å². The summed E-state index contributed by atoms with van der Waals surface area (Å²) in [6.07, 6.45) is 2.02. The molecule has 0 saturated heterocycles. The Kier molecular flexibility index (Phi) is 7.86. The van der Waals surface area contributed by atoms with Crippen molar-refractivity contribution in [3.63, 3.8) is 0 Å². The molecule has 1 unspecified atom stereocenters. The molecule has 0 fully saturated rings. The third-order valence-corrected chi connectivity index (χ3v) is 4.26. The molecule has 0 radical (unpaired) electrons. The molecule has 0 saturated carbocycles. The number of esters is 1. The quantitative estimate of drug-likeness (QED) is 0.677. The molecule has 0 spiro atoms. The van der Waals surface area contributed by atoms with E-state index in [2.05, 4.69) is 12.2 Å². The molecule has 27 heavy (non-hydrogen) atoms. The van der Waals surface area contributed by atoms with E-state index >= 15 is 0 Å². The third kappa shape index (κ3) is 5.84. The summed E-state index contributed by atoms with van der Waals surface area (Å²) in [5, 5.41) is 3.10. The average molecular weight is 369 g/mol. The summed E-state index contributed by atoms with van der Waals surface area (Å²) in [5.41, 5.74) is 2.31. The monoisotopic (exact) mass is 369 g/mol. The van der Waals surface area contributed by atoms with Crippen molar-refractivity contribution in [2.45, 2.75) is 39.2 Å². The van der Waals surface area contributed by atoms with Crippen LogP contribution in [0.25, 0.3) is 0 Å². The largest absolute Gasteiger partial charge is 0.496 e. The van der Waals surface area contributed by atoms with Crippen LogP contribution in [-0.2, 0) is 16.0 Å². The Hall–Kier alpha value is -2.82. The van der Waals surface area contributed by atoms with Gasteiger partial charge < -0.3 is 14.8 Å². The second kappa shape index (κ2) is 10.4. The van der Waals surface area contributed by atoms with E-state index < -0.39 is 0 Å². The molecule has 0 heterocycles. The van der Waals surface area contributed by atoms with Gasteiger partial charge in [-0.25, -0.2) is 4.79 Å². The first-order valence-corrected chi connectivity index (χ1v) is 9.27. The van der Waals surface area contributed by atoms with Gasteiger partial charge in [-0.3, -0.25) is 4.79 Å².